The normalized spacial score (nSPS) is 13.5. The summed E-state index contributed by atoms with van der Waals surface area (Å²) in [5.41, 5.74) is 2.02. The Labute approximate surface area is 129 Å². The zero-order chi connectivity index (χ0) is 16.2. The van der Waals surface area contributed by atoms with Crippen LogP contribution < -0.4 is 5.48 Å². The van der Waals surface area contributed by atoms with Crippen LogP contribution in [0.25, 0.3) is 0 Å². The Kier molecular flexibility index (Phi) is 6.11. The molecule has 0 spiro atoms. The van der Waals surface area contributed by atoms with E-state index < -0.39 is 22.2 Å². The maximum Gasteiger partial charge on any atom is 0.282 e. The molecule has 0 aromatic heterocycles. The van der Waals surface area contributed by atoms with Gasteiger partial charge in [0.2, 0.25) is 0 Å². The summed E-state index contributed by atoms with van der Waals surface area (Å²) < 4.78 is 26.7. The number of amides is 1. The third-order valence-electron chi connectivity index (χ3n) is 2.96. The number of hydrogen-bond acceptors (Lipinski definition) is 4. The largest absolute Gasteiger partial charge is 0.289 e. The molecule has 0 radical (unpaired) electrons. The van der Waals surface area contributed by atoms with Crippen molar-refractivity contribution in [3.05, 3.63) is 34.9 Å². The monoisotopic (exact) mass is 335 g/mol. The molecule has 1 unspecified atom stereocenters. The van der Waals surface area contributed by atoms with Crippen molar-refractivity contribution in [3.63, 3.8) is 0 Å². The molecule has 9 heteroatoms. The van der Waals surface area contributed by atoms with Gasteiger partial charge in [-0.3, -0.25) is 10.0 Å². The predicted octanol–water partition coefficient (Wildman–Crippen LogP) is 0.842. The molecule has 21 heavy (non-hydrogen) atoms. The van der Waals surface area contributed by atoms with E-state index in [0.29, 0.717) is 10.6 Å². The second kappa shape index (κ2) is 7.19. The number of benzene rings is 1. The molecule has 118 valence electrons. The van der Waals surface area contributed by atoms with Crippen molar-refractivity contribution in [1.82, 2.24) is 14.1 Å². The second-order valence-electron chi connectivity index (χ2n) is 4.58. The summed E-state index contributed by atoms with van der Waals surface area (Å²) in [5.74, 6) is -0.826. The van der Waals surface area contributed by atoms with E-state index in [1.165, 1.54) is 26.5 Å². The van der Waals surface area contributed by atoms with Gasteiger partial charge in [0.1, 0.15) is 6.04 Å². The fraction of sp³-hybridized carbons (Fsp3) is 0.417. The maximum atomic E-state index is 12.4. The molecule has 0 heterocycles. The van der Waals surface area contributed by atoms with Crippen LogP contribution in [-0.4, -0.2) is 48.3 Å². The van der Waals surface area contributed by atoms with Crippen molar-refractivity contribution in [1.29, 1.82) is 0 Å². The lowest BCUT2D eigenvalue weighted by Gasteiger charge is -2.29. The maximum absolute atomic E-state index is 12.4. The molecule has 0 fully saturated rings. The van der Waals surface area contributed by atoms with Crippen molar-refractivity contribution < 1.29 is 18.4 Å². The standard InChI is InChI=1S/C12H18ClN3O4S/c1-9(12(17)14-18)16(21(19,20)15(2)3)8-10-6-4-5-7-11(10)13/h4-7,9,18H,8H2,1-3H3,(H,14,17). The minimum Gasteiger partial charge on any atom is -0.289 e. The number of rotatable bonds is 6. The van der Waals surface area contributed by atoms with Gasteiger partial charge in [-0.15, -0.1) is 0 Å². The number of carbonyl (C=O) groups is 1. The van der Waals surface area contributed by atoms with Crippen LogP contribution in [0.4, 0.5) is 0 Å². The van der Waals surface area contributed by atoms with Crippen LogP contribution in [0.2, 0.25) is 5.02 Å². The fourth-order valence-electron chi connectivity index (χ4n) is 1.65. The molecule has 2 N–H and O–H groups in total. The molecular formula is C12H18ClN3O4S. The summed E-state index contributed by atoms with van der Waals surface area (Å²) in [7, 11) is -1.15. The zero-order valence-electron chi connectivity index (χ0n) is 11.9. The van der Waals surface area contributed by atoms with Crippen LogP contribution in [0, 0.1) is 0 Å². The Hall–Kier alpha value is -1.19. The van der Waals surface area contributed by atoms with Gasteiger partial charge in [-0.05, 0) is 18.6 Å². The molecule has 0 saturated heterocycles. The van der Waals surface area contributed by atoms with Crippen molar-refractivity contribution >= 4 is 27.7 Å². The van der Waals surface area contributed by atoms with Gasteiger partial charge in [0.25, 0.3) is 16.1 Å². The average molecular weight is 336 g/mol. The molecular weight excluding hydrogens is 318 g/mol. The lowest BCUT2D eigenvalue weighted by molar-refractivity contribution is -0.132. The van der Waals surface area contributed by atoms with Gasteiger partial charge in [-0.25, -0.2) is 5.48 Å². The van der Waals surface area contributed by atoms with Crippen molar-refractivity contribution in [2.75, 3.05) is 14.1 Å². The first-order valence-corrected chi connectivity index (χ1v) is 7.86. The first-order chi connectivity index (χ1) is 9.71. The molecule has 0 aliphatic rings. The molecule has 7 nitrogen and oxygen atoms in total. The van der Waals surface area contributed by atoms with Gasteiger partial charge >= 0.3 is 0 Å². The highest BCUT2D eigenvalue weighted by Gasteiger charge is 2.33. The zero-order valence-corrected chi connectivity index (χ0v) is 13.5. The van der Waals surface area contributed by atoms with E-state index in [1.54, 1.807) is 24.3 Å². The van der Waals surface area contributed by atoms with Crippen molar-refractivity contribution in [3.8, 4) is 0 Å². The van der Waals surface area contributed by atoms with Gasteiger partial charge in [-0.1, -0.05) is 29.8 Å². The number of hydrogen-bond donors (Lipinski definition) is 2. The van der Waals surface area contributed by atoms with E-state index in [1.807, 2.05) is 0 Å². The Morgan fingerprint density at radius 1 is 1.38 bits per heavy atom. The first kappa shape index (κ1) is 17.9. The Morgan fingerprint density at radius 3 is 2.43 bits per heavy atom. The van der Waals surface area contributed by atoms with Gasteiger partial charge in [0.15, 0.2) is 0 Å². The summed E-state index contributed by atoms with van der Waals surface area (Å²) in [6.45, 7) is 1.29. The third-order valence-corrected chi connectivity index (χ3v) is 5.29. The molecule has 1 aromatic carbocycles. The van der Waals surface area contributed by atoms with Crippen LogP contribution in [0.5, 0.6) is 0 Å². The average Bonchev–Trinajstić information content (AvgIpc) is 2.44. The van der Waals surface area contributed by atoms with E-state index in [-0.39, 0.29) is 6.54 Å². The molecule has 0 bridgehead atoms. The van der Waals surface area contributed by atoms with Crippen LogP contribution in [-0.2, 0) is 21.5 Å². The van der Waals surface area contributed by atoms with Crippen LogP contribution >= 0.6 is 11.6 Å². The number of halogens is 1. The lowest BCUT2D eigenvalue weighted by Crippen LogP contribution is -2.50. The van der Waals surface area contributed by atoms with Crippen LogP contribution in [0.15, 0.2) is 24.3 Å². The summed E-state index contributed by atoms with van der Waals surface area (Å²) in [4.78, 5) is 11.6. The summed E-state index contributed by atoms with van der Waals surface area (Å²) >= 11 is 6.03. The Bertz CT molecular complexity index is 606. The highest BCUT2D eigenvalue weighted by molar-refractivity contribution is 7.86. The number of nitrogens with one attached hydrogen (secondary N) is 1. The second-order valence-corrected chi connectivity index (χ2v) is 7.08. The molecule has 1 atom stereocenters. The molecule has 0 saturated carbocycles. The van der Waals surface area contributed by atoms with Gasteiger partial charge in [-0.2, -0.15) is 17.0 Å². The Morgan fingerprint density at radius 2 is 1.95 bits per heavy atom. The summed E-state index contributed by atoms with van der Waals surface area (Å²) in [6, 6.07) is 5.65. The van der Waals surface area contributed by atoms with Crippen LogP contribution in [0.1, 0.15) is 12.5 Å². The first-order valence-electron chi connectivity index (χ1n) is 6.08. The quantitative estimate of drug-likeness (QED) is 0.595. The van der Waals surface area contributed by atoms with E-state index in [2.05, 4.69) is 0 Å². The van der Waals surface area contributed by atoms with Crippen LogP contribution in [0.3, 0.4) is 0 Å². The minimum atomic E-state index is -3.87. The Balaban J connectivity index is 3.21. The minimum absolute atomic E-state index is 0.0885. The molecule has 0 aliphatic carbocycles. The van der Waals surface area contributed by atoms with E-state index in [0.717, 1.165) is 8.61 Å². The van der Waals surface area contributed by atoms with Gasteiger partial charge in [0, 0.05) is 25.7 Å². The van der Waals surface area contributed by atoms with Crippen molar-refractivity contribution in [2.45, 2.75) is 19.5 Å². The third kappa shape index (κ3) is 4.14. The molecule has 0 aliphatic heterocycles. The highest BCUT2D eigenvalue weighted by Crippen LogP contribution is 2.21. The molecule has 1 aromatic rings. The van der Waals surface area contributed by atoms with E-state index >= 15 is 0 Å². The number of hydroxylamine groups is 1. The number of nitrogens with zero attached hydrogens (tertiary/aromatic N) is 2. The summed E-state index contributed by atoms with van der Waals surface area (Å²) in [6.07, 6.45) is 0. The smallest absolute Gasteiger partial charge is 0.282 e. The van der Waals surface area contributed by atoms with E-state index in [9.17, 15) is 13.2 Å². The molecule has 1 amide bonds. The molecule has 1 rings (SSSR count). The number of carbonyl (C=O) groups excluding carboxylic acids is 1. The van der Waals surface area contributed by atoms with Gasteiger partial charge in [0.05, 0.1) is 0 Å². The predicted molar refractivity (Wildman–Crippen MR) is 79.0 cm³/mol. The van der Waals surface area contributed by atoms with E-state index in [4.69, 9.17) is 16.8 Å². The van der Waals surface area contributed by atoms with Gasteiger partial charge < -0.3 is 0 Å². The summed E-state index contributed by atoms with van der Waals surface area (Å²) in [5, 5.41) is 9.11. The van der Waals surface area contributed by atoms with Crippen molar-refractivity contribution in [2.24, 2.45) is 0 Å². The SMILES string of the molecule is CC(C(=O)NO)N(Cc1ccccc1Cl)S(=O)(=O)N(C)C. The topological polar surface area (TPSA) is 90.0 Å². The lowest BCUT2D eigenvalue weighted by atomic mass is 10.2. The fourth-order valence-corrected chi connectivity index (χ4v) is 3.06. The highest BCUT2D eigenvalue weighted by atomic mass is 35.5.